The van der Waals surface area contributed by atoms with Gasteiger partial charge in [0.15, 0.2) is 13.2 Å². The van der Waals surface area contributed by atoms with Crippen molar-refractivity contribution >= 4 is 0 Å². The molecule has 330 valence electrons. The monoisotopic (exact) mass is 1020 g/mol. The zero-order valence-electron chi connectivity index (χ0n) is 40.3. The summed E-state index contributed by atoms with van der Waals surface area (Å²) >= 11 is 0. The van der Waals surface area contributed by atoms with E-state index < -0.39 is 0 Å². The predicted octanol–water partition coefficient (Wildman–Crippen LogP) is 14.1. The molecule has 0 aliphatic heterocycles. The van der Waals surface area contributed by atoms with Crippen LogP contribution in [0.2, 0.25) is 0 Å². The van der Waals surface area contributed by atoms with Crippen LogP contribution in [0.15, 0.2) is 164 Å². The Labute approximate surface area is 450 Å². The molecule has 0 fully saturated rings. The van der Waals surface area contributed by atoms with E-state index in [-0.39, 0.29) is 74.2 Å². The molecule has 0 saturated heterocycles. The third-order valence-corrected chi connectivity index (χ3v) is 10.8. The maximum absolute atomic E-state index is 3.36. The van der Waals surface area contributed by atoms with Gasteiger partial charge in [-0.1, -0.05) is 55.4 Å². The van der Waals surface area contributed by atoms with Crippen molar-refractivity contribution < 1.29 is 78.9 Å². The van der Waals surface area contributed by atoms with Crippen LogP contribution in [-0.4, -0.2) is 4.68 Å². The van der Waals surface area contributed by atoms with Gasteiger partial charge in [0.05, 0.1) is 13.2 Å². The Morgan fingerprint density at radius 3 is 0.940 bits per heavy atom. The van der Waals surface area contributed by atoms with Gasteiger partial charge in [0.1, 0.15) is 0 Å². The van der Waals surface area contributed by atoms with E-state index in [9.17, 15) is 0 Å². The van der Waals surface area contributed by atoms with Crippen LogP contribution >= 0.6 is 0 Å². The summed E-state index contributed by atoms with van der Waals surface area (Å²) in [5, 5.41) is 0. The van der Waals surface area contributed by atoms with Gasteiger partial charge in [-0.3, -0.25) is 0 Å². The second-order valence-corrected chi connectivity index (χ2v) is 15.5. The van der Waals surface area contributed by atoms with Crippen molar-refractivity contribution in [3.8, 4) is 44.5 Å². The molecule has 67 heavy (non-hydrogen) atoms. The van der Waals surface area contributed by atoms with E-state index in [2.05, 4.69) is 165 Å². The molecule has 0 unspecified atom stereocenters. The third-order valence-electron chi connectivity index (χ3n) is 10.8. The van der Waals surface area contributed by atoms with Gasteiger partial charge in [-0.05, 0) is 0 Å². The Morgan fingerprint density at radius 2 is 0.701 bits per heavy atom. The van der Waals surface area contributed by atoms with Crippen molar-refractivity contribution in [2.45, 2.75) is 55.4 Å². The largest absolute Gasteiger partial charge is 2.00 e. The number of benzene rings is 8. The summed E-state index contributed by atoms with van der Waals surface area (Å²) < 4.78 is 4.00. The van der Waals surface area contributed by atoms with Crippen molar-refractivity contribution in [3.05, 3.63) is 257 Å². The minimum absolute atomic E-state index is 0. The first-order valence-electron chi connectivity index (χ1n) is 21.2. The Balaban J connectivity index is 0.000000418. The number of hydrogen-bond donors (Lipinski definition) is 0. The van der Waals surface area contributed by atoms with E-state index in [1.54, 1.807) is 0 Å². The second-order valence-electron chi connectivity index (χ2n) is 15.5. The first kappa shape index (κ1) is 60.3. The first-order valence-corrected chi connectivity index (χ1v) is 21.2. The Morgan fingerprint density at radius 1 is 0.358 bits per heavy atom. The molecule has 9 aromatic rings. The fraction of sp³-hybridized carbons (Fsp3) is 0.164. The average molecular weight is 1020 g/mol. The van der Waals surface area contributed by atoms with Crippen LogP contribution in [0, 0.1) is 104 Å². The number of aromatic nitrogens is 2. The van der Waals surface area contributed by atoms with Crippen LogP contribution in [0.25, 0.3) is 44.5 Å². The minimum atomic E-state index is 0. The normalized spacial score (nSPS) is 9.46. The maximum Gasteiger partial charge on any atom is 2.00 e. The molecule has 8 aromatic carbocycles. The van der Waals surface area contributed by atoms with Gasteiger partial charge in [0, 0.05) is 6.07 Å². The molecule has 0 N–H and O–H groups in total. The molecule has 0 bridgehead atoms. The van der Waals surface area contributed by atoms with Crippen LogP contribution in [0.5, 0.6) is 0 Å². The molecule has 9 rings (SSSR count). The molecule has 6 heteroatoms. The summed E-state index contributed by atoms with van der Waals surface area (Å²) in [4.78, 5) is 0. The molecular weight excluding hydrogens is 964 g/mol. The summed E-state index contributed by atoms with van der Waals surface area (Å²) in [6, 6.07) is 76.8. The average Bonchev–Trinajstić information content (AvgIpc) is 3.70. The quantitative estimate of drug-likeness (QED) is 0.123. The summed E-state index contributed by atoms with van der Waals surface area (Å²) in [7, 11) is 4.00. The smallest absolute Gasteiger partial charge is 0.226 e. The van der Waals surface area contributed by atoms with E-state index in [1.807, 2.05) is 127 Å². The standard InChI is InChI=1S/4C14H12.C5H9N2.4V/c4*1-11-8-9-14(10-12(11)2)13-6-4-3-5-7-13;1-6-4-3-5-7(6)2;;;;/h2*3-6,8,10H,1-2H3;2*3-6,8-9H,1-2H3;3-5H,1-2H3;;;;/q4*-2;+1;4*+2. The molecule has 0 atom stereocenters. The predicted molar refractivity (Wildman–Crippen MR) is 263 cm³/mol. The van der Waals surface area contributed by atoms with E-state index in [4.69, 9.17) is 0 Å². The minimum Gasteiger partial charge on any atom is -0.226 e. The van der Waals surface area contributed by atoms with Crippen LogP contribution in [0.4, 0.5) is 0 Å². The van der Waals surface area contributed by atoms with Crippen LogP contribution in [0.3, 0.4) is 0 Å². The van der Waals surface area contributed by atoms with Crippen LogP contribution in [0.1, 0.15) is 44.5 Å². The Bertz CT molecular complexity index is 2400. The third kappa shape index (κ3) is 19.4. The van der Waals surface area contributed by atoms with Crippen molar-refractivity contribution in [1.82, 2.24) is 4.68 Å². The second kappa shape index (κ2) is 31.4. The van der Waals surface area contributed by atoms with E-state index in [0.29, 0.717) is 0 Å². The van der Waals surface area contributed by atoms with Gasteiger partial charge < -0.3 is 0 Å². The molecule has 0 aliphatic carbocycles. The number of hydrogen-bond acceptors (Lipinski definition) is 0. The summed E-state index contributed by atoms with van der Waals surface area (Å²) in [6.45, 7) is 16.8. The number of aryl methyl sites for hydroxylation is 10. The molecule has 0 amide bonds. The van der Waals surface area contributed by atoms with Gasteiger partial charge in [-0.2, -0.15) is 175 Å². The molecule has 1 aromatic heterocycles. The van der Waals surface area contributed by atoms with E-state index in [0.717, 1.165) is 44.5 Å². The summed E-state index contributed by atoms with van der Waals surface area (Å²) in [5.74, 6) is 0. The van der Waals surface area contributed by atoms with E-state index in [1.165, 1.54) is 44.5 Å². The molecule has 0 saturated carbocycles. The Kier molecular flexibility index (Phi) is 28.2. The molecule has 0 spiro atoms. The van der Waals surface area contributed by atoms with Crippen molar-refractivity contribution in [2.24, 2.45) is 14.1 Å². The zero-order valence-corrected chi connectivity index (χ0v) is 45.9. The fourth-order valence-electron chi connectivity index (χ4n) is 6.06. The van der Waals surface area contributed by atoms with Crippen LogP contribution < -0.4 is 4.68 Å². The van der Waals surface area contributed by atoms with Crippen molar-refractivity contribution in [1.29, 1.82) is 0 Å². The topological polar surface area (TPSA) is 8.81 Å². The van der Waals surface area contributed by atoms with Crippen molar-refractivity contribution in [2.75, 3.05) is 0 Å². The molecule has 1 heterocycles. The molecule has 2 nitrogen and oxygen atoms in total. The van der Waals surface area contributed by atoms with Crippen molar-refractivity contribution in [3.63, 3.8) is 0 Å². The molecule has 4 radical (unpaired) electrons. The number of nitrogens with zero attached hydrogens (tertiary/aromatic N) is 2. The SMILES string of the molecule is Cc1[c-]c(-c2[c-]cccc2)ccc1C.Cc1[c-]c(-c2[c-]cccc2)ccc1C.Cc1c[c-]c(-c2[c-]cccc2)cc1C.Cc1c[c-]c(-c2[c-]cccc2)cc1C.Cn1ccc[n+]1C.[V+2].[V+2].[V+2].[V+2]. The summed E-state index contributed by atoms with van der Waals surface area (Å²) in [5.41, 5.74) is 19.1. The van der Waals surface area contributed by atoms with Gasteiger partial charge in [-0.15, -0.1) is 73.5 Å². The fourth-order valence-corrected chi connectivity index (χ4v) is 6.06. The first-order chi connectivity index (χ1) is 30.4. The van der Waals surface area contributed by atoms with Gasteiger partial charge in [0.2, 0.25) is 0 Å². The summed E-state index contributed by atoms with van der Waals surface area (Å²) in [6.07, 6.45) is 4.00. The number of rotatable bonds is 4. The van der Waals surface area contributed by atoms with Gasteiger partial charge in [-0.25, -0.2) is 44.5 Å². The molecular formula is C61H57N2V4+. The van der Waals surface area contributed by atoms with Gasteiger partial charge in [0.25, 0.3) is 0 Å². The Hall–Kier alpha value is -4.69. The molecule has 0 aliphatic rings. The van der Waals surface area contributed by atoms with Gasteiger partial charge >= 0.3 is 74.2 Å². The van der Waals surface area contributed by atoms with E-state index >= 15 is 0 Å². The maximum atomic E-state index is 3.36. The zero-order chi connectivity index (χ0) is 45.1. The van der Waals surface area contributed by atoms with Crippen LogP contribution in [-0.2, 0) is 88.3 Å².